The Kier molecular flexibility index (Phi) is 13.5. The maximum atomic E-state index is 13.4. The van der Waals surface area contributed by atoms with E-state index >= 15 is 0 Å². The lowest BCUT2D eigenvalue weighted by Crippen LogP contribution is -2.36. The van der Waals surface area contributed by atoms with Crippen molar-refractivity contribution in [3.8, 4) is 11.1 Å². The molecule has 278 valence electrons. The van der Waals surface area contributed by atoms with Crippen LogP contribution in [0.3, 0.4) is 0 Å². The molecule has 0 spiro atoms. The van der Waals surface area contributed by atoms with Crippen LogP contribution in [0.4, 0.5) is 18.9 Å². The predicted octanol–water partition coefficient (Wildman–Crippen LogP) is 6.82. The molecule has 53 heavy (non-hydrogen) atoms. The van der Waals surface area contributed by atoms with E-state index in [4.69, 9.17) is 14.2 Å². The first-order chi connectivity index (χ1) is 25.2. The predicted molar refractivity (Wildman–Crippen MR) is 189 cm³/mol. The number of hydrogen-bond donors (Lipinski definition) is 1. The third-order valence-electron chi connectivity index (χ3n) is 8.01. The Hall–Kier alpha value is -5.98. The standard InChI is InChI=1S/C40H39F3N2O8/c1-5-51-38(49)35(39(50)52-6-2)36(27-12-8-7-9-13-27)53-34(47)23-25-16-21-32(31(22-25)37(48)45(3)4)44-33(46)24-28-14-10-11-15-30(28)26-17-19-29(20-18-26)40(41,42)43/h7-22,35-36H,5-6,23-24H2,1-4H3,(H,44,46). The second kappa shape index (κ2) is 18.0. The molecule has 0 aromatic heterocycles. The Labute approximate surface area is 304 Å². The number of rotatable bonds is 14. The van der Waals surface area contributed by atoms with Crippen LogP contribution in [-0.4, -0.2) is 61.9 Å². The second-order valence-corrected chi connectivity index (χ2v) is 12.0. The maximum Gasteiger partial charge on any atom is 0.416 e. The van der Waals surface area contributed by atoms with Gasteiger partial charge < -0.3 is 24.4 Å². The highest BCUT2D eigenvalue weighted by Crippen LogP contribution is 2.33. The molecule has 4 aromatic rings. The summed E-state index contributed by atoms with van der Waals surface area (Å²) in [5.74, 6) is -5.25. The Morgan fingerprint density at radius 1 is 0.755 bits per heavy atom. The third-order valence-corrected chi connectivity index (χ3v) is 8.01. The lowest BCUT2D eigenvalue weighted by Gasteiger charge is -2.25. The summed E-state index contributed by atoms with van der Waals surface area (Å²) in [6.45, 7) is 3.10. The summed E-state index contributed by atoms with van der Waals surface area (Å²) in [7, 11) is 3.04. The van der Waals surface area contributed by atoms with Crippen LogP contribution >= 0.6 is 0 Å². The molecule has 10 nitrogen and oxygen atoms in total. The highest BCUT2D eigenvalue weighted by atomic mass is 19.4. The SMILES string of the molecule is CCOC(=O)C(C(=O)OCC)C(OC(=O)Cc1ccc(NC(=O)Cc2ccccc2-c2ccc(C(F)(F)F)cc2)c(C(=O)N(C)C)c1)c1ccccc1. The van der Waals surface area contributed by atoms with Crippen molar-refractivity contribution < 1.29 is 51.4 Å². The molecule has 13 heteroatoms. The number of nitrogens with zero attached hydrogens (tertiary/aromatic N) is 1. The van der Waals surface area contributed by atoms with Crippen molar-refractivity contribution in [3.63, 3.8) is 0 Å². The van der Waals surface area contributed by atoms with Gasteiger partial charge in [-0.3, -0.25) is 24.0 Å². The van der Waals surface area contributed by atoms with Crippen molar-refractivity contribution in [2.45, 2.75) is 39.0 Å². The van der Waals surface area contributed by atoms with Gasteiger partial charge in [-0.05, 0) is 65.9 Å². The molecule has 4 rings (SSSR count). The maximum absolute atomic E-state index is 13.4. The van der Waals surface area contributed by atoms with Crippen LogP contribution in [0, 0.1) is 5.92 Å². The fourth-order valence-corrected chi connectivity index (χ4v) is 5.52. The zero-order valence-corrected chi connectivity index (χ0v) is 29.6. The van der Waals surface area contributed by atoms with E-state index in [1.807, 2.05) is 0 Å². The van der Waals surface area contributed by atoms with Gasteiger partial charge in [0.05, 0.1) is 42.9 Å². The highest BCUT2D eigenvalue weighted by molar-refractivity contribution is 6.04. The normalized spacial score (nSPS) is 11.7. The summed E-state index contributed by atoms with van der Waals surface area (Å²) in [4.78, 5) is 67.2. The first-order valence-electron chi connectivity index (χ1n) is 16.7. The van der Waals surface area contributed by atoms with E-state index in [-0.39, 0.29) is 37.3 Å². The van der Waals surface area contributed by atoms with E-state index in [1.54, 1.807) is 68.4 Å². The van der Waals surface area contributed by atoms with E-state index in [0.717, 1.165) is 12.1 Å². The molecule has 0 bridgehead atoms. The molecule has 0 fully saturated rings. The summed E-state index contributed by atoms with van der Waals surface area (Å²) in [6, 6.07) is 24.1. The Morgan fingerprint density at radius 2 is 1.36 bits per heavy atom. The average Bonchev–Trinajstić information content (AvgIpc) is 3.12. The van der Waals surface area contributed by atoms with Crippen molar-refractivity contribution in [3.05, 3.63) is 125 Å². The van der Waals surface area contributed by atoms with E-state index in [1.165, 1.54) is 49.3 Å². The van der Waals surface area contributed by atoms with Gasteiger partial charge in [-0.2, -0.15) is 13.2 Å². The van der Waals surface area contributed by atoms with E-state index in [2.05, 4.69) is 5.32 Å². The molecule has 4 aromatic carbocycles. The quantitative estimate of drug-likeness (QED) is 0.0850. The van der Waals surface area contributed by atoms with Crippen LogP contribution in [0.25, 0.3) is 11.1 Å². The van der Waals surface area contributed by atoms with Crippen LogP contribution in [0.2, 0.25) is 0 Å². The zero-order chi connectivity index (χ0) is 38.7. The van der Waals surface area contributed by atoms with Crippen LogP contribution < -0.4 is 5.32 Å². The molecular formula is C40H39F3N2O8. The Balaban J connectivity index is 1.57. The molecule has 1 unspecified atom stereocenters. The second-order valence-electron chi connectivity index (χ2n) is 12.0. The number of benzene rings is 4. The van der Waals surface area contributed by atoms with Gasteiger partial charge in [0.15, 0.2) is 12.0 Å². The van der Waals surface area contributed by atoms with E-state index in [9.17, 15) is 37.1 Å². The van der Waals surface area contributed by atoms with Crippen LogP contribution in [-0.2, 0) is 52.4 Å². The summed E-state index contributed by atoms with van der Waals surface area (Å²) in [5, 5.41) is 2.75. The van der Waals surface area contributed by atoms with Gasteiger partial charge in [0, 0.05) is 14.1 Å². The van der Waals surface area contributed by atoms with Crippen molar-refractivity contribution in [1.82, 2.24) is 4.90 Å². The Morgan fingerprint density at radius 3 is 1.94 bits per heavy atom. The molecule has 0 saturated carbocycles. The number of esters is 3. The molecular weight excluding hydrogens is 693 g/mol. The minimum absolute atomic E-state index is 0.0264. The fourth-order valence-electron chi connectivity index (χ4n) is 5.52. The first kappa shape index (κ1) is 39.8. The van der Waals surface area contributed by atoms with Crippen molar-refractivity contribution in [2.75, 3.05) is 32.6 Å². The largest absolute Gasteiger partial charge is 0.465 e. The average molecular weight is 733 g/mol. The number of carbonyl (C=O) groups is 5. The van der Waals surface area contributed by atoms with Crippen molar-refractivity contribution >= 4 is 35.4 Å². The molecule has 0 heterocycles. The van der Waals surface area contributed by atoms with Crippen molar-refractivity contribution in [2.24, 2.45) is 5.92 Å². The van der Waals surface area contributed by atoms with Gasteiger partial charge >= 0.3 is 24.1 Å². The fraction of sp³-hybridized carbons (Fsp3) is 0.275. The van der Waals surface area contributed by atoms with Gasteiger partial charge in [-0.25, -0.2) is 0 Å². The van der Waals surface area contributed by atoms with Gasteiger partial charge in [0.2, 0.25) is 5.91 Å². The lowest BCUT2D eigenvalue weighted by molar-refractivity contribution is -0.173. The van der Waals surface area contributed by atoms with E-state index < -0.39 is 53.5 Å². The minimum Gasteiger partial charge on any atom is -0.465 e. The molecule has 0 radical (unpaired) electrons. The zero-order valence-electron chi connectivity index (χ0n) is 29.6. The minimum atomic E-state index is -4.49. The molecule has 1 atom stereocenters. The number of halogens is 3. The van der Waals surface area contributed by atoms with Crippen LogP contribution in [0.15, 0.2) is 97.1 Å². The molecule has 0 aliphatic rings. The first-order valence-corrected chi connectivity index (χ1v) is 16.7. The molecule has 0 aliphatic carbocycles. The summed E-state index contributed by atoms with van der Waals surface area (Å²) >= 11 is 0. The number of anilines is 1. The van der Waals surface area contributed by atoms with Crippen LogP contribution in [0.5, 0.6) is 0 Å². The smallest absolute Gasteiger partial charge is 0.416 e. The monoisotopic (exact) mass is 732 g/mol. The summed E-state index contributed by atoms with van der Waals surface area (Å²) < 4.78 is 55.3. The van der Waals surface area contributed by atoms with Gasteiger partial charge in [-0.15, -0.1) is 0 Å². The lowest BCUT2D eigenvalue weighted by atomic mass is 9.95. The Bertz CT molecular complexity index is 1910. The number of hydrogen-bond acceptors (Lipinski definition) is 8. The molecule has 1 N–H and O–H groups in total. The van der Waals surface area contributed by atoms with Crippen molar-refractivity contribution in [1.29, 1.82) is 0 Å². The van der Waals surface area contributed by atoms with E-state index in [0.29, 0.717) is 27.8 Å². The number of nitrogens with one attached hydrogen (secondary N) is 1. The van der Waals surface area contributed by atoms with Gasteiger partial charge in [-0.1, -0.05) is 72.8 Å². The number of carbonyl (C=O) groups excluding carboxylic acids is 5. The summed E-state index contributed by atoms with van der Waals surface area (Å²) in [6.07, 6.45) is -6.40. The number of alkyl halides is 3. The molecule has 0 saturated heterocycles. The third kappa shape index (κ3) is 10.5. The molecule has 0 aliphatic heterocycles. The molecule has 2 amide bonds. The topological polar surface area (TPSA) is 128 Å². The highest BCUT2D eigenvalue weighted by Gasteiger charge is 2.41. The van der Waals surface area contributed by atoms with Gasteiger partial charge in [0.25, 0.3) is 5.91 Å². The summed E-state index contributed by atoms with van der Waals surface area (Å²) in [5.41, 5.74) is 1.73. The van der Waals surface area contributed by atoms with Crippen LogP contribution in [0.1, 0.15) is 52.6 Å². The number of ether oxygens (including phenoxy) is 3. The van der Waals surface area contributed by atoms with Gasteiger partial charge in [0.1, 0.15) is 0 Å². The number of amides is 2.